The topological polar surface area (TPSA) is 93.0 Å². The largest absolute Gasteiger partial charge is 0.550 e. The van der Waals surface area contributed by atoms with Gasteiger partial charge in [0, 0.05) is 16.8 Å². The zero-order valence-electron chi connectivity index (χ0n) is 14.2. The molecule has 0 aliphatic heterocycles. The summed E-state index contributed by atoms with van der Waals surface area (Å²) in [5, 5.41) is 24.2. The van der Waals surface area contributed by atoms with Gasteiger partial charge >= 0.3 is 0 Å². The maximum absolute atomic E-state index is 12.6. The van der Waals surface area contributed by atoms with Gasteiger partial charge in [0.25, 0.3) is 0 Å². The summed E-state index contributed by atoms with van der Waals surface area (Å²) in [4.78, 5) is 25.1. The second-order valence-electron chi connectivity index (χ2n) is 6.80. The van der Waals surface area contributed by atoms with Crippen molar-refractivity contribution in [3.63, 3.8) is 0 Å². The molecule has 3 rings (SSSR count). The van der Waals surface area contributed by atoms with Crippen molar-refractivity contribution < 1.29 is 14.7 Å². The van der Waals surface area contributed by atoms with Crippen LogP contribution >= 0.6 is 11.3 Å². The van der Waals surface area contributed by atoms with Crippen molar-refractivity contribution >= 4 is 28.2 Å². The summed E-state index contributed by atoms with van der Waals surface area (Å²) in [6, 6.07) is 2.23. The molecule has 132 valence electrons. The highest BCUT2D eigenvalue weighted by molar-refractivity contribution is 7.16. The summed E-state index contributed by atoms with van der Waals surface area (Å²) >= 11 is 1.47. The Kier molecular flexibility index (Phi) is 5.24. The number of anilines is 1. The molecule has 1 aromatic heterocycles. The maximum Gasteiger partial charge on any atom is 0.229 e. The van der Waals surface area contributed by atoms with E-state index >= 15 is 0 Å². The molecule has 0 bridgehead atoms. The Labute approximate surface area is 151 Å². The molecule has 0 aromatic carbocycles. The van der Waals surface area contributed by atoms with Crippen LogP contribution in [0.1, 0.15) is 48.6 Å². The zero-order chi connectivity index (χ0) is 18.0. The van der Waals surface area contributed by atoms with E-state index in [4.69, 9.17) is 0 Å². The molecular formula is C19H21N2O3S-. The number of aliphatic carboxylic acids is 1. The van der Waals surface area contributed by atoms with Crippen LogP contribution in [-0.4, -0.2) is 11.9 Å². The van der Waals surface area contributed by atoms with Crippen LogP contribution in [0.3, 0.4) is 0 Å². The summed E-state index contributed by atoms with van der Waals surface area (Å²) in [6.07, 6.45) is 8.32. The molecule has 0 fully saturated rings. The van der Waals surface area contributed by atoms with Crippen LogP contribution in [0.4, 0.5) is 5.00 Å². The van der Waals surface area contributed by atoms with Crippen molar-refractivity contribution in [3.05, 3.63) is 28.2 Å². The smallest absolute Gasteiger partial charge is 0.229 e. The van der Waals surface area contributed by atoms with Gasteiger partial charge in [-0.05, 0) is 43.6 Å². The van der Waals surface area contributed by atoms with Gasteiger partial charge in [0.2, 0.25) is 5.91 Å². The fourth-order valence-electron chi connectivity index (χ4n) is 3.78. The van der Waals surface area contributed by atoms with Crippen LogP contribution in [0.25, 0.3) is 0 Å². The lowest BCUT2D eigenvalue weighted by Crippen LogP contribution is -2.41. The Balaban J connectivity index is 1.82. The number of amides is 1. The standard InChI is InChI=1S/C19H22N2O3S/c1-2-11-7-8-12-15(10-20)18(25-16(12)9-11)21-17(22)13-5-3-4-6-14(13)19(23)24/h3-4,11,13-14H,2,5-9H2,1H3,(H,21,22)(H,23,24)/p-1/t11-,13+,14+/m1/s1. The third-order valence-electron chi connectivity index (χ3n) is 5.37. The first-order chi connectivity index (χ1) is 12.0. The number of rotatable bonds is 4. The molecule has 6 heteroatoms. The maximum atomic E-state index is 12.6. The number of carboxylic acids is 1. The molecule has 0 unspecified atom stereocenters. The van der Waals surface area contributed by atoms with Gasteiger partial charge in [0.15, 0.2) is 0 Å². The number of allylic oxidation sites excluding steroid dienone is 2. The fraction of sp³-hybridized carbons (Fsp3) is 0.526. The molecule has 5 nitrogen and oxygen atoms in total. The third kappa shape index (κ3) is 3.47. The molecule has 25 heavy (non-hydrogen) atoms. The second-order valence-corrected chi connectivity index (χ2v) is 7.91. The summed E-state index contributed by atoms with van der Waals surface area (Å²) in [5.41, 5.74) is 1.62. The summed E-state index contributed by atoms with van der Waals surface area (Å²) in [6.45, 7) is 2.17. The van der Waals surface area contributed by atoms with Crippen molar-refractivity contribution in [2.24, 2.45) is 17.8 Å². The first-order valence-corrected chi connectivity index (χ1v) is 9.58. The highest BCUT2D eigenvalue weighted by Crippen LogP contribution is 2.40. The van der Waals surface area contributed by atoms with Crippen LogP contribution in [0.2, 0.25) is 0 Å². The molecule has 1 N–H and O–H groups in total. The minimum absolute atomic E-state index is 0.310. The van der Waals surface area contributed by atoms with Gasteiger partial charge in [-0.2, -0.15) is 5.26 Å². The SMILES string of the molecule is CC[C@@H]1CCc2c(sc(NC(=O)[C@H]3CC=CC[C@@H]3C(=O)[O-])c2C#N)C1. The van der Waals surface area contributed by atoms with Crippen molar-refractivity contribution in [1.82, 2.24) is 0 Å². The molecule has 0 saturated heterocycles. The number of nitriles is 1. The van der Waals surface area contributed by atoms with Crippen molar-refractivity contribution in [3.8, 4) is 6.07 Å². The monoisotopic (exact) mass is 357 g/mol. The Hall–Kier alpha value is -2.13. The van der Waals surface area contributed by atoms with Gasteiger partial charge in [-0.3, -0.25) is 4.79 Å². The predicted molar refractivity (Wildman–Crippen MR) is 93.8 cm³/mol. The van der Waals surface area contributed by atoms with Crippen molar-refractivity contribution in [2.75, 3.05) is 5.32 Å². The number of thiophene rings is 1. The minimum atomic E-state index is -1.19. The number of carboxylic acid groups (broad SMARTS) is 1. The first kappa shape index (κ1) is 17.7. The first-order valence-electron chi connectivity index (χ1n) is 8.76. The molecular weight excluding hydrogens is 336 g/mol. The van der Waals surface area contributed by atoms with Crippen LogP contribution in [0.5, 0.6) is 0 Å². The molecule has 1 heterocycles. The Morgan fingerprint density at radius 1 is 1.36 bits per heavy atom. The van der Waals surface area contributed by atoms with E-state index in [1.54, 1.807) is 6.08 Å². The summed E-state index contributed by atoms with van der Waals surface area (Å²) in [5.74, 6) is -2.35. The van der Waals surface area contributed by atoms with Gasteiger partial charge in [0.05, 0.1) is 11.5 Å². The van der Waals surface area contributed by atoms with Crippen LogP contribution in [0, 0.1) is 29.1 Å². The minimum Gasteiger partial charge on any atom is -0.550 e. The number of carbonyl (C=O) groups is 2. The average Bonchev–Trinajstić information content (AvgIpc) is 2.97. The second kappa shape index (κ2) is 7.40. The van der Waals surface area contributed by atoms with E-state index in [1.165, 1.54) is 16.2 Å². The molecule has 0 radical (unpaired) electrons. The van der Waals surface area contributed by atoms with Crippen molar-refractivity contribution in [1.29, 1.82) is 5.26 Å². The normalized spacial score (nSPS) is 25.0. The molecule has 1 amide bonds. The number of nitrogens with one attached hydrogen (secondary N) is 1. The van der Waals surface area contributed by atoms with Crippen LogP contribution < -0.4 is 10.4 Å². The van der Waals surface area contributed by atoms with E-state index in [-0.39, 0.29) is 5.91 Å². The molecule has 2 aliphatic carbocycles. The van der Waals surface area contributed by atoms with E-state index < -0.39 is 17.8 Å². The van der Waals surface area contributed by atoms with Crippen LogP contribution in [-0.2, 0) is 22.4 Å². The number of hydrogen-bond acceptors (Lipinski definition) is 5. The Morgan fingerprint density at radius 3 is 2.72 bits per heavy atom. The molecule has 0 saturated carbocycles. The van der Waals surface area contributed by atoms with E-state index in [0.717, 1.165) is 31.2 Å². The number of carbonyl (C=O) groups excluding carboxylic acids is 2. The Morgan fingerprint density at radius 2 is 2.08 bits per heavy atom. The lowest BCUT2D eigenvalue weighted by Gasteiger charge is -2.28. The van der Waals surface area contributed by atoms with E-state index in [9.17, 15) is 20.0 Å². The van der Waals surface area contributed by atoms with E-state index in [0.29, 0.717) is 29.3 Å². The number of fused-ring (bicyclic) bond motifs is 1. The van der Waals surface area contributed by atoms with E-state index in [1.807, 2.05) is 6.08 Å². The highest BCUT2D eigenvalue weighted by atomic mass is 32.1. The van der Waals surface area contributed by atoms with Gasteiger partial charge < -0.3 is 15.2 Å². The predicted octanol–water partition coefficient (Wildman–Crippen LogP) is 2.41. The molecule has 1 aromatic rings. The summed E-state index contributed by atoms with van der Waals surface area (Å²) < 4.78 is 0. The van der Waals surface area contributed by atoms with E-state index in [2.05, 4.69) is 18.3 Å². The molecule has 2 aliphatic rings. The highest BCUT2D eigenvalue weighted by Gasteiger charge is 2.32. The van der Waals surface area contributed by atoms with Crippen LogP contribution in [0.15, 0.2) is 12.2 Å². The number of nitrogens with zero attached hydrogens (tertiary/aromatic N) is 1. The quantitative estimate of drug-likeness (QED) is 0.838. The summed E-state index contributed by atoms with van der Waals surface area (Å²) in [7, 11) is 0. The number of hydrogen-bond donors (Lipinski definition) is 1. The zero-order valence-corrected chi connectivity index (χ0v) is 15.0. The fourth-order valence-corrected chi connectivity index (χ4v) is 5.09. The third-order valence-corrected chi connectivity index (χ3v) is 6.53. The van der Waals surface area contributed by atoms with Gasteiger partial charge in [-0.15, -0.1) is 11.3 Å². The lowest BCUT2D eigenvalue weighted by atomic mass is 9.82. The van der Waals surface area contributed by atoms with Crippen molar-refractivity contribution in [2.45, 2.75) is 45.4 Å². The van der Waals surface area contributed by atoms with Gasteiger partial charge in [-0.25, -0.2) is 0 Å². The molecule has 0 spiro atoms. The van der Waals surface area contributed by atoms with Gasteiger partial charge in [-0.1, -0.05) is 25.5 Å². The Bertz CT molecular complexity index is 759. The average molecular weight is 357 g/mol. The lowest BCUT2D eigenvalue weighted by molar-refractivity contribution is -0.313. The molecule has 3 atom stereocenters. The van der Waals surface area contributed by atoms with Gasteiger partial charge in [0.1, 0.15) is 11.1 Å².